The summed E-state index contributed by atoms with van der Waals surface area (Å²) in [6, 6.07) is 16.1. The predicted molar refractivity (Wildman–Crippen MR) is 125 cm³/mol. The van der Waals surface area contributed by atoms with Gasteiger partial charge in [0.15, 0.2) is 0 Å². The van der Waals surface area contributed by atoms with Crippen molar-refractivity contribution in [3.8, 4) is 22.8 Å². The van der Waals surface area contributed by atoms with Gasteiger partial charge in [-0.25, -0.2) is 9.97 Å². The van der Waals surface area contributed by atoms with Gasteiger partial charge in [-0.15, -0.1) is 0 Å². The molecule has 34 heavy (non-hydrogen) atoms. The molecule has 2 aromatic carbocycles. The molecule has 2 aliphatic rings. The number of rotatable bonds is 7. The van der Waals surface area contributed by atoms with E-state index in [1.165, 1.54) is 0 Å². The van der Waals surface area contributed by atoms with Gasteiger partial charge in [0, 0.05) is 17.3 Å². The highest BCUT2D eigenvalue weighted by molar-refractivity contribution is 5.94. The van der Waals surface area contributed by atoms with Crippen molar-refractivity contribution in [1.29, 1.82) is 0 Å². The zero-order valence-corrected chi connectivity index (χ0v) is 18.9. The second-order valence-corrected chi connectivity index (χ2v) is 8.12. The maximum atomic E-state index is 12.7. The number of carbonyl (C=O) groups is 1. The first-order valence-corrected chi connectivity index (χ1v) is 11.1. The Labute approximate surface area is 197 Å². The van der Waals surface area contributed by atoms with E-state index in [0.29, 0.717) is 30.5 Å². The highest BCUT2D eigenvalue weighted by Crippen LogP contribution is 2.31. The van der Waals surface area contributed by atoms with E-state index >= 15 is 0 Å². The van der Waals surface area contributed by atoms with Crippen molar-refractivity contribution in [2.45, 2.75) is 24.3 Å². The number of aromatic nitrogens is 2. The van der Waals surface area contributed by atoms with Crippen molar-refractivity contribution in [2.75, 3.05) is 32.8 Å². The van der Waals surface area contributed by atoms with E-state index in [-0.39, 0.29) is 30.2 Å². The molecule has 0 radical (unpaired) electrons. The summed E-state index contributed by atoms with van der Waals surface area (Å²) in [4.78, 5) is 21.7. The van der Waals surface area contributed by atoms with Crippen LogP contribution in [0.4, 0.5) is 5.95 Å². The summed E-state index contributed by atoms with van der Waals surface area (Å²) in [6.45, 7) is 0.796. The molecule has 0 bridgehead atoms. The van der Waals surface area contributed by atoms with Crippen molar-refractivity contribution in [3.05, 3.63) is 66.4 Å². The third-order valence-electron chi connectivity index (χ3n) is 6.08. The zero-order chi connectivity index (χ0) is 23.5. The Kier molecular flexibility index (Phi) is 6.29. The Morgan fingerprint density at radius 3 is 2.44 bits per heavy atom. The van der Waals surface area contributed by atoms with E-state index in [9.17, 15) is 4.79 Å². The van der Waals surface area contributed by atoms with E-state index in [2.05, 4.69) is 20.6 Å². The van der Waals surface area contributed by atoms with Gasteiger partial charge in [0.1, 0.15) is 23.7 Å². The number of nitrogens with zero attached hydrogens (tertiary/aromatic N) is 2. The van der Waals surface area contributed by atoms with Crippen LogP contribution in [0, 0.1) is 0 Å². The average molecular weight is 463 g/mol. The molecule has 2 N–H and O–H groups in total. The largest absolute Gasteiger partial charge is 0.497 e. The van der Waals surface area contributed by atoms with Gasteiger partial charge in [-0.2, -0.15) is 0 Å². The molecular weight excluding hydrogens is 436 g/mol. The fourth-order valence-corrected chi connectivity index (χ4v) is 4.34. The van der Waals surface area contributed by atoms with Crippen molar-refractivity contribution >= 4 is 11.9 Å². The first kappa shape index (κ1) is 22.1. The topological polar surface area (TPSA) is 104 Å². The minimum Gasteiger partial charge on any atom is -0.497 e. The average Bonchev–Trinajstić information content (AvgIpc) is 3.47. The molecular formula is C25H26N4O5. The number of amides is 1. The molecule has 2 aliphatic heterocycles. The van der Waals surface area contributed by atoms with Crippen LogP contribution in [0.2, 0.25) is 0 Å². The number of hydrogen-bond acceptors (Lipinski definition) is 8. The molecule has 0 spiro atoms. The summed E-state index contributed by atoms with van der Waals surface area (Å²) in [6.07, 6.45) is 1.23. The van der Waals surface area contributed by atoms with E-state index in [1.54, 1.807) is 44.7 Å². The third kappa shape index (κ3) is 4.40. The number of ether oxygens (including phenoxy) is 4. The summed E-state index contributed by atoms with van der Waals surface area (Å²) in [7, 11) is 3.23. The summed E-state index contributed by atoms with van der Waals surface area (Å²) >= 11 is 0. The highest BCUT2D eigenvalue weighted by atomic mass is 16.6. The first-order valence-electron chi connectivity index (χ1n) is 11.1. The van der Waals surface area contributed by atoms with Crippen LogP contribution in [0.1, 0.15) is 10.4 Å². The van der Waals surface area contributed by atoms with Crippen LogP contribution in [0.25, 0.3) is 11.3 Å². The molecule has 5 rings (SSSR count). The highest BCUT2D eigenvalue weighted by Gasteiger charge is 2.48. The molecule has 0 saturated carbocycles. The number of para-hydroxylation sites is 1. The quantitative estimate of drug-likeness (QED) is 0.552. The van der Waals surface area contributed by atoms with Gasteiger partial charge in [0.05, 0.1) is 45.2 Å². The van der Waals surface area contributed by atoms with E-state index in [0.717, 1.165) is 17.0 Å². The zero-order valence-electron chi connectivity index (χ0n) is 18.9. The SMILES string of the molecule is COc1ccc(C(=O)NC2COC3C(Nc4nccc(-c5ccccc5OC)n4)COC23)cc1. The van der Waals surface area contributed by atoms with E-state index < -0.39 is 0 Å². The minimum atomic E-state index is -0.253. The Balaban J connectivity index is 1.24. The van der Waals surface area contributed by atoms with Crippen LogP contribution in [-0.2, 0) is 9.47 Å². The van der Waals surface area contributed by atoms with E-state index in [1.807, 2.05) is 30.3 Å². The number of benzene rings is 2. The molecule has 4 atom stereocenters. The summed E-state index contributed by atoms with van der Waals surface area (Å²) in [5.74, 6) is 1.74. The molecule has 176 valence electrons. The molecule has 2 fully saturated rings. The second-order valence-electron chi connectivity index (χ2n) is 8.12. The lowest BCUT2D eigenvalue weighted by atomic mass is 10.1. The lowest BCUT2D eigenvalue weighted by Gasteiger charge is -2.18. The number of methoxy groups -OCH3 is 2. The van der Waals surface area contributed by atoms with Crippen molar-refractivity contribution in [3.63, 3.8) is 0 Å². The summed E-state index contributed by atoms with van der Waals surface area (Å²) < 4.78 is 22.6. The predicted octanol–water partition coefficient (Wildman–Crippen LogP) is 2.54. The summed E-state index contributed by atoms with van der Waals surface area (Å²) in [5, 5.41) is 6.37. The first-order chi connectivity index (χ1) is 16.7. The molecule has 3 aromatic rings. The number of fused-ring (bicyclic) bond motifs is 1. The number of anilines is 1. The standard InChI is InChI=1S/C25H26N4O5/c1-31-16-9-7-15(8-10-16)24(30)27-19-13-33-23-20(14-34-22(19)23)29-25-26-12-11-18(28-25)17-5-3-4-6-21(17)32-2/h3-12,19-20,22-23H,13-14H2,1-2H3,(H,27,30)(H,26,28,29). The Morgan fingerprint density at radius 1 is 0.941 bits per heavy atom. The molecule has 1 amide bonds. The maximum Gasteiger partial charge on any atom is 0.251 e. The van der Waals surface area contributed by atoms with Gasteiger partial charge >= 0.3 is 0 Å². The molecule has 2 saturated heterocycles. The van der Waals surface area contributed by atoms with Gasteiger partial charge in [0.25, 0.3) is 5.91 Å². The Morgan fingerprint density at radius 2 is 1.68 bits per heavy atom. The lowest BCUT2D eigenvalue weighted by molar-refractivity contribution is 0.0652. The molecule has 0 aliphatic carbocycles. The summed E-state index contributed by atoms with van der Waals surface area (Å²) in [5.41, 5.74) is 2.19. The van der Waals surface area contributed by atoms with Gasteiger partial charge in [-0.3, -0.25) is 4.79 Å². The molecule has 9 heteroatoms. The molecule has 3 heterocycles. The monoisotopic (exact) mass is 462 g/mol. The van der Waals surface area contributed by atoms with Gasteiger partial charge < -0.3 is 29.6 Å². The Hall–Kier alpha value is -3.69. The van der Waals surface area contributed by atoms with Crippen LogP contribution in [0.15, 0.2) is 60.8 Å². The van der Waals surface area contributed by atoms with Crippen molar-refractivity contribution in [2.24, 2.45) is 0 Å². The van der Waals surface area contributed by atoms with Crippen LogP contribution in [0.5, 0.6) is 11.5 Å². The van der Waals surface area contributed by atoms with E-state index in [4.69, 9.17) is 18.9 Å². The van der Waals surface area contributed by atoms with Crippen LogP contribution in [0.3, 0.4) is 0 Å². The Bertz CT molecular complexity index is 1160. The fourth-order valence-electron chi connectivity index (χ4n) is 4.34. The molecule has 4 unspecified atom stereocenters. The number of nitrogens with one attached hydrogen (secondary N) is 2. The maximum absolute atomic E-state index is 12.7. The van der Waals surface area contributed by atoms with Crippen LogP contribution < -0.4 is 20.1 Å². The van der Waals surface area contributed by atoms with Crippen LogP contribution in [-0.4, -0.2) is 67.6 Å². The molecule has 9 nitrogen and oxygen atoms in total. The molecule has 1 aromatic heterocycles. The van der Waals surface area contributed by atoms with Gasteiger partial charge in [-0.05, 0) is 42.5 Å². The van der Waals surface area contributed by atoms with Crippen molar-refractivity contribution < 1.29 is 23.7 Å². The lowest BCUT2D eigenvalue weighted by Crippen LogP contribution is -2.44. The van der Waals surface area contributed by atoms with Crippen LogP contribution >= 0.6 is 0 Å². The van der Waals surface area contributed by atoms with Gasteiger partial charge in [0.2, 0.25) is 5.95 Å². The minimum absolute atomic E-state index is 0.138. The van der Waals surface area contributed by atoms with Gasteiger partial charge in [-0.1, -0.05) is 12.1 Å². The normalized spacial score (nSPS) is 23.2. The number of carbonyl (C=O) groups excluding carboxylic acids is 1. The fraction of sp³-hybridized carbons (Fsp3) is 0.320. The number of hydrogen-bond donors (Lipinski definition) is 2. The third-order valence-corrected chi connectivity index (χ3v) is 6.08. The second kappa shape index (κ2) is 9.66. The van der Waals surface area contributed by atoms with Crippen molar-refractivity contribution in [1.82, 2.24) is 15.3 Å². The smallest absolute Gasteiger partial charge is 0.251 e.